The van der Waals surface area contributed by atoms with Crippen LogP contribution in [0.1, 0.15) is 28.7 Å². The number of hydrogen-bond acceptors (Lipinski definition) is 4. The van der Waals surface area contributed by atoms with Crippen LogP contribution < -0.4 is 0 Å². The lowest BCUT2D eigenvalue weighted by molar-refractivity contribution is 0.0683. The van der Waals surface area contributed by atoms with Gasteiger partial charge in [0.2, 0.25) is 10.0 Å². The van der Waals surface area contributed by atoms with Crippen LogP contribution in [0.15, 0.2) is 0 Å². The molecule has 1 N–H and O–H groups in total. The first-order chi connectivity index (χ1) is 8.36. The zero-order valence-electron chi connectivity index (χ0n) is 10.3. The van der Waals surface area contributed by atoms with Gasteiger partial charge in [-0.05, 0) is 6.92 Å². The Morgan fingerprint density at radius 1 is 1.50 bits per heavy atom. The fraction of sp³-hybridized carbons (Fsp3) is 0.600. The number of carboxylic acids is 1. The summed E-state index contributed by atoms with van der Waals surface area (Å²) in [5, 5.41) is 13.3. The Labute approximate surface area is 105 Å². The third-order valence-electron chi connectivity index (χ3n) is 3.12. The number of hydrogen-bond donors (Lipinski definition) is 1. The Morgan fingerprint density at radius 3 is 2.72 bits per heavy atom. The molecule has 7 nitrogen and oxygen atoms in total. The Hall–Kier alpha value is -1.41. The third kappa shape index (κ3) is 2.01. The summed E-state index contributed by atoms with van der Waals surface area (Å²) < 4.78 is 26.2. The van der Waals surface area contributed by atoms with Crippen LogP contribution in [-0.4, -0.2) is 45.9 Å². The predicted octanol–water partition coefficient (Wildman–Crippen LogP) is -0.174. The van der Waals surface area contributed by atoms with E-state index in [9.17, 15) is 13.2 Å². The van der Waals surface area contributed by atoms with Crippen molar-refractivity contribution in [1.82, 2.24) is 14.1 Å². The summed E-state index contributed by atoms with van der Waals surface area (Å²) in [5.41, 5.74) is 1.26. The lowest BCUT2D eigenvalue weighted by atomic mass is 10.1. The van der Waals surface area contributed by atoms with Gasteiger partial charge in [-0.1, -0.05) is 0 Å². The first-order valence-electron chi connectivity index (χ1n) is 5.62. The van der Waals surface area contributed by atoms with E-state index in [1.807, 2.05) is 0 Å². The van der Waals surface area contributed by atoms with Crippen molar-refractivity contribution in [3.8, 4) is 0 Å². The van der Waals surface area contributed by atoms with Crippen molar-refractivity contribution >= 4 is 16.0 Å². The number of carbonyl (C=O) groups is 1. The fourth-order valence-electron chi connectivity index (χ4n) is 2.16. The lowest BCUT2D eigenvalue weighted by Crippen LogP contribution is -2.37. The maximum Gasteiger partial charge on any atom is 0.354 e. The van der Waals surface area contributed by atoms with E-state index in [1.54, 1.807) is 14.0 Å². The van der Waals surface area contributed by atoms with E-state index in [-0.39, 0.29) is 18.0 Å². The van der Waals surface area contributed by atoms with Gasteiger partial charge in [-0.15, -0.1) is 0 Å². The predicted molar refractivity (Wildman–Crippen MR) is 63.7 cm³/mol. The van der Waals surface area contributed by atoms with Crippen LogP contribution in [0.3, 0.4) is 0 Å². The number of aromatic nitrogens is 2. The average Bonchev–Trinajstić information content (AvgIpc) is 2.63. The number of carboxylic acid groups (broad SMARTS) is 1. The molecule has 0 aromatic carbocycles. The van der Waals surface area contributed by atoms with E-state index in [0.717, 1.165) is 0 Å². The minimum absolute atomic E-state index is 0.0188. The summed E-state index contributed by atoms with van der Waals surface area (Å²) >= 11 is 0. The van der Waals surface area contributed by atoms with Gasteiger partial charge in [0, 0.05) is 32.1 Å². The van der Waals surface area contributed by atoms with Crippen LogP contribution in [0.4, 0.5) is 0 Å². The molecule has 1 aromatic heterocycles. The Bertz CT molecular complexity index is 591. The van der Waals surface area contributed by atoms with Crippen LogP contribution in [0.5, 0.6) is 0 Å². The summed E-state index contributed by atoms with van der Waals surface area (Å²) in [5.74, 6) is -1.06. The number of rotatable bonds is 3. The van der Waals surface area contributed by atoms with Crippen LogP contribution >= 0.6 is 0 Å². The highest BCUT2D eigenvalue weighted by Crippen LogP contribution is 2.23. The van der Waals surface area contributed by atoms with Crippen molar-refractivity contribution in [2.75, 3.05) is 12.3 Å². The molecule has 1 aromatic rings. The summed E-state index contributed by atoms with van der Waals surface area (Å²) in [6, 6.07) is 0. The molecule has 0 saturated carbocycles. The van der Waals surface area contributed by atoms with E-state index >= 15 is 0 Å². The van der Waals surface area contributed by atoms with E-state index in [4.69, 9.17) is 5.11 Å². The van der Waals surface area contributed by atoms with Crippen molar-refractivity contribution in [1.29, 1.82) is 0 Å². The van der Waals surface area contributed by atoms with Gasteiger partial charge >= 0.3 is 5.97 Å². The summed E-state index contributed by atoms with van der Waals surface area (Å²) in [6.07, 6.45) is 0.454. The second-order valence-corrected chi connectivity index (χ2v) is 6.44. The number of nitrogens with zero attached hydrogens (tertiary/aromatic N) is 3. The lowest BCUT2D eigenvalue weighted by Gasteiger charge is -2.25. The van der Waals surface area contributed by atoms with Crippen molar-refractivity contribution in [2.45, 2.75) is 19.9 Å². The molecule has 18 heavy (non-hydrogen) atoms. The van der Waals surface area contributed by atoms with Crippen LogP contribution in [0.2, 0.25) is 0 Å². The van der Waals surface area contributed by atoms with E-state index in [2.05, 4.69) is 5.10 Å². The molecule has 0 aliphatic carbocycles. The molecule has 0 spiro atoms. The Kier molecular flexibility index (Phi) is 3.16. The van der Waals surface area contributed by atoms with Crippen molar-refractivity contribution in [3.63, 3.8) is 0 Å². The molecular formula is C10H15N3O4S. The molecule has 100 valence electrons. The molecule has 0 unspecified atom stereocenters. The fourth-order valence-corrected chi connectivity index (χ4v) is 3.22. The maximum atomic E-state index is 11.8. The van der Waals surface area contributed by atoms with Gasteiger partial charge in [0.05, 0.1) is 11.4 Å². The van der Waals surface area contributed by atoms with Crippen molar-refractivity contribution < 1.29 is 18.3 Å². The monoisotopic (exact) mass is 273 g/mol. The zero-order valence-corrected chi connectivity index (χ0v) is 11.1. The normalized spacial score (nSPS) is 16.6. The first-order valence-corrected chi connectivity index (χ1v) is 7.23. The molecule has 0 atom stereocenters. The second kappa shape index (κ2) is 4.36. The van der Waals surface area contributed by atoms with Crippen molar-refractivity contribution in [2.24, 2.45) is 7.05 Å². The Balaban J connectivity index is 2.42. The van der Waals surface area contributed by atoms with Crippen molar-refractivity contribution in [3.05, 3.63) is 17.0 Å². The maximum absolute atomic E-state index is 11.8. The molecule has 1 aliphatic heterocycles. The molecule has 0 radical (unpaired) electrons. The van der Waals surface area contributed by atoms with Gasteiger partial charge in [-0.2, -0.15) is 9.40 Å². The van der Waals surface area contributed by atoms with Gasteiger partial charge in [0.15, 0.2) is 5.69 Å². The molecule has 0 fully saturated rings. The molecule has 2 heterocycles. The van der Waals surface area contributed by atoms with E-state index < -0.39 is 16.0 Å². The second-order valence-electron chi connectivity index (χ2n) is 4.19. The number of fused-ring (bicyclic) bond motifs is 1. The number of aromatic carboxylic acids is 1. The highest BCUT2D eigenvalue weighted by Gasteiger charge is 2.31. The first kappa shape index (κ1) is 13.0. The summed E-state index contributed by atoms with van der Waals surface area (Å²) in [4.78, 5) is 11.2. The quantitative estimate of drug-likeness (QED) is 0.825. The molecule has 0 saturated heterocycles. The SMILES string of the molecule is CCS(=O)(=O)N1CCc2nn(C)c(C(=O)O)c2C1. The van der Waals surface area contributed by atoms with Crippen LogP contribution in [0, 0.1) is 0 Å². The van der Waals surface area contributed by atoms with E-state index in [1.165, 1.54) is 8.99 Å². The highest BCUT2D eigenvalue weighted by atomic mass is 32.2. The topological polar surface area (TPSA) is 92.5 Å². The van der Waals surface area contributed by atoms with Gasteiger partial charge < -0.3 is 5.11 Å². The van der Waals surface area contributed by atoms with Crippen LogP contribution in [-0.2, 0) is 30.0 Å². The molecular weight excluding hydrogens is 258 g/mol. The summed E-state index contributed by atoms with van der Waals surface area (Å²) in [7, 11) is -1.74. The zero-order chi connectivity index (χ0) is 13.5. The number of aryl methyl sites for hydroxylation is 1. The van der Waals surface area contributed by atoms with Gasteiger partial charge in [0.1, 0.15) is 0 Å². The smallest absolute Gasteiger partial charge is 0.354 e. The Morgan fingerprint density at radius 2 is 2.17 bits per heavy atom. The molecule has 0 amide bonds. The summed E-state index contributed by atoms with van der Waals surface area (Å²) in [6.45, 7) is 2.03. The molecule has 2 rings (SSSR count). The minimum Gasteiger partial charge on any atom is -0.477 e. The average molecular weight is 273 g/mol. The molecule has 0 bridgehead atoms. The molecule has 8 heteroatoms. The minimum atomic E-state index is -3.29. The van der Waals surface area contributed by atoms with Gasteiger partial charge in [-0.25, -0.2) is 13.2 Å². The van der Waals surface area contributed by atoms with Crippen LogP contribution in [0.25, 0.3) is 0 Å². The van der Waals surface area contributed by atoms with Gasteiger partial charge in [0.25, 0.3) is 0 Å². The van der Waals surface area contributed by atoms with Gasteiger partial charge in [-0.3, -0.25) is 4.68 Å². The molecule has 1 aliphatic rings. The number of sulfonamides is 1. The standard InChI is InChI=1S/C10H15N3O4S/c1-3-18(16,17)13-5-4-8-7(6-13)9(10(14)15)12(2)11-8/h3-6H2,1-2H3,(H,14,15). The largest absolute Gasteiger partial charge is 0.477 e. The third-order valence-corrected chi connectivity index (χ3v) is 4.95. The van der Waals surface area contributed by atoms with E-state index in [0.29, 0.717) is 24.2 Å². The highest BCUT2D eigenvalue weighted by molar-refractivity contribution is 7.89.